The van der Waals surface area contributed by atoms with Crippen LogP contribution in [-0.4, -0.2) is 19.8 Å². The molecule has 3 rings (SSSR count). The van der Waals surface area contributed by atoms with Crippen molar-refractivity contribution in [3.05, 3.63) is 35.1 Å². The van der Waals surface area contributed by atoms with Gasteiger partial charge in [0.1, 0.15) is 5.82 Å². The van der Waals surface area contributed by atoms with E-state index in [0.717, 1.165) is 19.3 Å². The summed E-state index contributed by atoms with van der Waals surface area (Å²) < 4.78 is 26.4. The Bertz CT molecular complexity index is 609. The summed E-state index contributed by atoms with van der Waals surface area (Å²) in [4.78, 5) is 0. The van der Waals surface area contributed by atoms with E-state index in [1.54, 1.807) is 12.1 Å². The zero-order chi connectivity index (χ0) is 15.0. The molecule has 2 bridgehead atoms. The van der Waals surface area contributed by atoms with Gasteiger partial charge in [0, 0.05) is 26.9 Å². The Hall–Kier alpha value is -1.25. The van der Waals surface area contributed by atoms with Gasteiger partial charge in [-0.05, 0) is 43.4 Å². The summed E-state index contributed by atoms with van der Waals surface area (Å²) >= 11 is 0. The van der Waals surface area contributed by atoms with Gasteiger partial charge in [-0.2, -0.15) is 5.26 Å². The number of rotatable bonds is 2. The molecule has 2 saturated heterocycles. The van der Waals surface area contributed by atoms with Crippen LogP contribution in [-0.2, 0) is 22.8 Å². The third-order valence-corrected chi connectivity index (χ3v) is 6.77. The average molecular weight is 307 g/mol. The summed E-state index contributed by atoms with van der Waals surface area (Å²) in [5, 5.41) is 19.7. The second kappa shape index (κ2) is 5.51. The molecule has 2 fully saturated rings. The number of nitriles is 1. The van der Waals surface area contributed by atoms with Crippen LogP contribution in [0.4, 0.5) is 4.39 Å². The van der Waals surface area contributed by atoms with E-state index < -0.39 is 22.2 Å². The van der Waals surface area contributed by atoms with Crippen molar-refractivity contribution in [3.63, 3.8) is 0 Å². The van der Waals surface area contributed by atoms with Crippen LogP contribution in [0.15, 0.2) is 18.2 Å². The molecular formula is C16H18FNO2S. The van der Waals surface area contributed by atoms with Crippen molar-refractivity contribution >= 4 is 10.8 Å². The zero-order valence-corrected chi connectivity index (χ0v) is 12.5. The van der Waals surface area contributed by atoms with Crippen molar-refractivity contribution in [3.8, 4) is 6.07 Å². The molecule has 3 nitrogen and oxygen atoms in total. The van der Waals surface area contributed by atoms with Gasteiger partial charge >= 0.3 is 0 Å². The summed E-state index contributed by atoms with van der Waals surface area (Å²) in [6.07, 6.45) is 3.61. The van der Waals surface area contributed by atoms with Crippen LogP contribution in [0.2, 0.25) is 0 Å². The van der Waals surface area contributed by atoms with E-state index in [2.05, 4.69) is 0 Å². The van der Waals surface area contributed by atoms with Crippen molar-refractivity contribution in [1.82, 2.24) is 0 Å². The maximum absolute atomic E-state index is 14.2. The van der Waals surface area contributed by atoms with E-state index in [0.29, 0.717) is 18.4 Å². The zero-order valence-electron chi connectivity index (χ0n) is 11.7. The normalized spacial score (nSPS) is 35.2. The second-order valence-corrected chi connectivity index (χ2v) is 8.08. The van der Waals surface area contributed by atoms with E-state index in [1.807, 2.05) is 6.07 Å². The lowest BCUT2D eigenvalue weighted by Gasteiger charge is -2.43. The highest BCUT2D eigenvalue weighted by molar-refractivity contribution is 7.86. The molecule has 5 heteroatoms. The molecule has 2 atom stereocenters. The van der Waals surface area contributed by atoms with Gasteiger partial charge in [0.2, 0.25) is 0 Å². The highest BCUT2D eigenvalue weighted by Crippen LogP contribution is 2.45. The largest absolute Gasteiger partial charge is 0.385 e. The lowest BCUT2D eigenvalue weighted by molar-refractivity contribution is 0.00331. The maximum atomic E-state index is 14.2. The first-order valence-corrected chi connectivity index (χ1v) is 8.59. The standard InChI is InChI=1S/C16H18FNO2S/c17-15-5-4-11(6-7-18)8-14(15)16(19)9-12-2-1-3-13(10-16)21(12)20/h4-5,8,12-13,19H,1-3,6,9-10H2. The average Bonchev–Trinajstić information content (AvgIpc) is 2.43. The van der Waals surface area contributed by atoms with Crippen molar-refractivity contribution in [2.24, 2.45) is 0 Å². The molecule has 2 aliphatic rings. The molecule has 0 amide bonds. The van der Waals surface area contributed by atoms with Crippen LogP contribution < -0.4 is 0 Å². The quantitative estimate of drug-likeness (QED) is 0.913. The predicted octanol–water partition coefficient (Wildman–Crippen LogP) is 2.54. The Morgan fingerprint density at radius 2 is 2.05 bits per heavy atom. The maximum Gasteiger partial charge on any atom is 0.129 e. The first-order chi connectivity index (χ1) is 10.0. The van der Waals surface area contributed by atoms with Crippen molar-refractivity contribution in [2.75, 3.05) is 0 Å². The van der Waals surface area contributed by atoms with E-state index in [1.165, 1.54) is 6.07 Å². The fourth-order valence-electron chi connectivity index (χ4n) is 3.63. The van der Waals surface area contributed by atoms with E-state index >= 15 is 0 Å². The number of hydrogen-bond donors (Lipinski definition) is 1. The van der Waals surface area contributed by atoms with Gasteiger partial charge in [-0.25, -0.2) is 4.39 Å². The third-order valence-electron chi connectivity index (χ3n) is 4.66. The molecule has 2 aliphatic heterocycles. The summed E-state index contributed by atoms with van der Waals surface area (Å²) in [5.74, 6) is -0.440. The number of benzene rings is 1. The van der Waals surface area contributed by atoms with Gasteiger partial charge in [0.05, 0.1) is 18.1 Å². The van der Waals surface area contributed by atoms with E-state index in [-0.39, 0.29) is 22.5 Å². The summed E-state index contributed by atoms with van der Waals surface area (Å²) in [5.41, 5.74) is -0.276. The summed E-state index contributed by atoms with van der Waals surface area (Å²) in [7, 11) is -0.906. The van der Waals surface area contributed by atoms with Crippen LogP contribution in [0.3, 0.4) is 0 Å². The SMILES string of the molecule is N#CCc1ccc(F)c(C2(O)CC3CCCC(C2)S3=O)c1. The minimum absolute atomic E-state index is 0.0403. The predicted molar refractivity (Wildman–Crippen MR) is 78.4 cm³/mol. The Morgan fingerprint density at radius 1 is 1.38 bits per heavy atom. The Balaban J connectivity index is 1.97. The van der Waals surface area contributed by atoms with E-state index in [9.17, 15) is 13.7 Å². The van der Waals surface area contributed by atoms with Crippen LogP contribution in [0, 0.1) is 17.1 Å². The fourth-order valence-corrected chi connectivity index (χ4v) is 5.86. The number of hydrogen-bond acceptors (Lipinski definition) is 3. The Labute approximate surface area is 126 Å². The minimum Gasteiger partial charge on any atom is -0.385 e. The van der Waals surface area contributed by atoms with Gasteiger partial charge in [0.15, 0.2) is 0 Å². The monoisotopic (exact) mass is 307 g/mol. The molecule has 21 heavy (non-hydrogen) atoms. The van der Waals surface area contributed by atoms with Crippen molar-refractivity contribution < 1.29 is 13.7 Å². The molecule has 1 N–H and O–H groups in total. The van der Waals surface area contributed by atoms with Gasteiger partial charge in [0.25, 0.3) is 0 Å². The fraction of sp³-hybridized carbons (Fsp3) is 0.562. The lowest BCUT2D eigenvalue weighted by atomic mass is 9.79. The summed E-state index contributed by atoms with van der Waals surface area (Å²) in [6, 6.07) is 6.54. The Kier molecular flexibility index (Phi) is 3.85. The van der Waals surface area contributed by atoms with Crippen LogP contribution in [0.1, 0.15) is 43.2 Å². The molecule has 0 radical (unpaired) electrons. The number of fused-ring (bicyclic) bond motifs is 2. The van der Waals surface area contributed by atoms with E-state index in [4.69, 9.17) is 5.26 Å². The first kappa shape index (κ1) is 14.7. The van der Waals surface area contributed by atoms with Crippen LogP contribution >= 0.6 is 0 Å². The first-order valence-electron chi connectivity index (χ1n) is 7.31. The molecule has 0 aromatic heterocycles. The number of halogens is 1. The summed E-state index contributed by atoms with van der Waals surface area (Å²) in [6.45, 7) is 0. The molecule has 1 aromatic carbocycles. The third kappa shape index (κ3) is 2.63. The van der Waals surface area contributed by atoms with Crippen molar-refractivity contribution in [2.45, 2.75) is 54.6 Å². The van der Waals surface area contributed by atoms with Gasteiger partial charge in [-0.3, -0.25) is 4.21 Å². The topological polar surface area (TPSA) is 61.1 Å². The molecule has 0 saturated carbocycles. The number of aliphatic hydroxyl groups is 1. The van der Waals surface area contributed by atoms with Gasteiger partial charge < -0.3 is 5.11 Å². The molecule has 1 aromatic rings. The lowest BCUT2D eigenvalue weighted by Crippen LogP contribution is -2.47. The minimum atomic E-state index is -1.25. The van der Waals surface area contributed by atoms with Gasteiger partial charge in [-0.15, -0.1) is 0 Å². The molecule has 2 unspecified atom stereocenters. The highest BCUT2D eigenvalue weighted by atomic mass is 32.2. The van der Waals surface area contributed by atoms with Crippen LogP contribution in [0.5, 0.6) is 0 Å². The van der Waals surface area contributed by atoms with Crippen molar-refractivity contribution in [1.29, 1.82) is 5.26 Å². The molecule has 0 spiro atoms. The molecule has 2 heterocycles. The highest BCUT2D eigenvalue weighted by Gasteiger charge is 2.47. The molecular weight excluding hydrogens is 289 g/mol. The molecule has 0 aliphatic carbocycles. The Morgan fingerprint density at radius 3 is 2.67 bits per heavy atom. The smallest absolute Gasteiger partial charge is 0.129 e. The second-order valence-electron chi connectivity index (χ2n) is 6.09. The molecule has 112 valence electrons. The van der Waals surface area contributed by atoms with Gasteiger partial charge in [-0.1, -0.05) is 12.5 Å². The van der Waals surface area contributed by atoms with Crippen LogP contribution in [0.25, 0.3) is 0 Å². The number of nitrogens with zero attached hydrogens (tertiary/aromatic N) is 1.